The molecule has 192 valence electrons. The highest BCUT2D eigenvalue weighted by atomic mass is 32.2. The lowest BCUT2D eigenvalue weighted by atomic mass is 10.1. The number of amidine groups is 1. The van der Waals surface area contributed by atoms with Crippen LogP contribution in [-0.4, -0.2) is 57.2 Å². The number of fused-ring (bicyclic) bond motifs is 1. The first-order valence-corrected chi connectivity index (χ1v) is 13.6. The number of carbonyl (C=O) groups is 1. The van der Waals surface area contributed by atoms with Crippen molar-refractivity contribution in [2.24, 2.45) is 4.40 Å². The fraction of sp³-hybridized carbons (Fsp3) is 0.241. The molecule has 37 heavy (non-hydrogen) atoms. The van der Waals surface area contributed by atoms with Crippen LogP contribution in [0.4, 0.5) is 0 Å². The van der Waals surface area contributed by atoms with Crippen LogP contribution in [0.2, 0.25) is 0 Å². The lowest BCUT2D eigenvalue weighted by molar-refractivity contribution is 0.0131. The molecule has 0 spiro atoms. The lowest BCUT2D eigenvalue weighted by Gasteiger charge is -2.26. The number of hydrogen-bond donors (Lipinski definition) is 0. The van der Waals surface area contributed by atoms with Crippen LogP contribution in [0.3, 0.4) is 0 Å². The molecule has 3 aromatic carbocycles. The van der Waals surface area contributed by atoms with Crippen LogP contribution in [-0.2, 0) is 14.8 Å². The van der Waals surface area contributed by atoms with Gasteiger partial charge in [0, 0.05) is 18.9 Å². The third-order valence-electron chi connectivity index (χ3n) is 5.89. The van der Waals surface area contributed by atoms with Gasteiger partial charge in [-0.1, -0.05) is 78.4 Å². The molecule has 0 fully saturated rings. The Hall–Kier alpha value is -3.91. The van der Waals surface area contributed by atoms with E-state index in [0.717, 1.165) is 16.3 Å². The summed E-state index contributed by atoms with van der Waals surface area (Å²) in [6, 6.07) is 20.8. The van der Waals surface area contributed by atoms with Crippen LogP contribution in [0.1, 0.15) is 22.3 Å². The van der Waals surface area contributed by atoms with Gasteiger partial charge in [-0.3, -0.25) is 0 Å². The minimum Gasteiger partial charge on any atom is -0.489 e. The van der Waals surface area contributed by atoms with E-state index >= 15 is 0 Å². The van der Waals surface area contributed by atoms with Gasteiger partial charge in [0.05, 0.1) is 17.9 Å². The second-order valence-corrected chi connectivity index (χ2v) is 10.6. The zero-order valence-corrected chi connectivity index (χ0v) is 21.7. The van der Waals surface area contributed by atoms with Crippen molar-refractivity contribution in [2.75, 3.05) is 26.0 Å². The van der Waals surface area contributed by atoms with Crippen molar-refractivity contribution in [3.8, 4) is 5.75 Å². The first-order valence-electron chi connectivity index (χ1n) is 12.0. The Kier molecular flexibility index (Phi) is 8.40. The minimum absolute atomic E-state index is 0.0768. The maximum absolute atomic E-state index is 13.0. The number of ether oxygens (including phenoxy) is 2. The molecule has 0 saturated heterocycles. The fourth-order valence-electron chi connectivity index (χ4n) is 3.92. The van der Waals surface area contributed by atoms with Gasteiger partial charge in [0.15, 0.2) is 6.10 Å². The largest absolute Gasteiger partial charge is 0.489 e. The number of esters is 1. The van der Waals surface area contributed by atoms with Crippen LogP contribution in [0.5, 0.6) is 5.75 Å². The Morgan fingerprint density at radius 3 is 2.54 bits per heavy atom. The summed E-state index contributed by atoms with van der Waals surface area (Å²) in [5.41, 5.74) is 1.47. The van der Waals surface area contributed by atoms with E-state index in [4.69, 9.17) is 9.47 Å². The van der Waals surface area contributed by atoms with E-state index in [1.165, 1.54) is 0 Å². The molecule has 1 aliphatic heterocycles. The molecule has 0 amide bonds. The average molecular weight is 519 g/mol. The van der Waals surface area contributed by atoms with Gasteiger partial charge >= 0.3 is 5.97 Å². The Bertz CT molecular complexity index is 1440. The normalized spacial score (nSPS) is 18.8. The summed E-state index contributed by atoms with van der Waals surface area (Å²) in [4.78, 5) is 14.7. The highest BCUT2D eigenvalue weighted by Crippen LogP contribution is 2.25. The van der Waals surface area contributed by atoms with Crippen LogP contribution < -0.4 is 4.74 Å². The summed E-state index contributed by atoms with van der Waals surface area (Å²) in [7, 11) is -1.93. The molecule has 1 heterocycles. The Labute approximate surface area is 217 Å². The molecule has 0 bridgehead atoms. The molecular weight excluding hydrogens is 488 g/mol. The third-order valence-corrected chi connectivity index (χ3v) is 6.99. The highest BCUT2D eigenvalue weighted by Gasteiger charge is 2.22. The molecule has 3 aromatic rings. The van der Waals surface area contributed by atoms with Gasteiger partial charge in [0.1, 0.15) is 18.2 Å². The number of aryl methyl sites for hydroxylation is 1. The number of rotatable bonds is 7. The van der Waals surface area contributed by atoms with E-state index < -0.39 is 22.1 Å². The summed E-state index contributed by atoms with van der Waals surface area (Å²) in [5.74, 6) is 0.382. The molecule has 1 unspecified atom stereocenters. The van der Waals surface area contributed by atoms with Crippen molar-refractivity contribution in [3.05, 3.63) is 102 Å². The molecule has 0 N–H and O–H groups in total. The number of likely N-dealkylation sites (N-methyl/N-ethyl adjacent to an activating group) is 1. The van der Waals surface area contributed by atoms with E-state index in [-0.39, 0.29) is 18.9 Å². The van der Waals surface area contributed by atoms with Gasteiger partial charge in [-0.05, 0) is 30.5 Å². The molecule has 0 aliphatic carbocycles. The summed E-state index contributed by atoms with van der Waals surface area (Å²) in [5, 5.41) is 1.99. The number of allylic oxidation sites excluding steroid dienone is 2. The number of benzene rings is 3. The first-order chi connectivity index (χ1) is 17.8. The van der Waals surface area contributed by atoms with Crippen molar-refractivity contribution in [1.29, 1.82) is 0 Å². The highest BCUT2D eigenvalue weighted by molar-refractivity contribution is 7.90. The molecule has 8 heteroatoms. The summed E-state index contributed by atoms with van der Waals surface area (Å²) < 4.78 is 40.8. The quantitative estimate of drug-likeness (QED) is 0.413. The van der Waals surface area contributed by atoms with E-state index in [1.54, 1.807) is 42.3 Å². The van der Waals surface area contributed by atoms with Gasteiger partial charge < -0.3 is 14.4 Å². The molecule has 1 aliphatic rings. The Morgan fingerprint density at radius 1 is 1.00 bits per heavy atom. The van der Waals surface area contributed by atoms with Gasteiger partial charge in [-0.25, -0.2) is 13.2 Å². The standard InChI is InChI=1S/C29H30N2O5S/c1-22-15-17-24(18-16-22)29(32)36-25(21-35-27-13-9-11-23-10-6-7-12-26(23)27)20-31(2)28-14-5-3-4-8-19-37(33,34)30-28/h3-13,15-18,25H,14,19-21H2,1-2H3/b5-3-,8-4-,30-28+. The monoisotopic (exact) mass is 518 g/mol. The fourth-order valence-corrected chi connectivity index (χ4v) is 4.88. The Balaban J connectivity index is 1.56. The Morgan fingerprint density at radius 2 is 1.73 bits per heavy atom. The third kappa shape index (κ3) is 7.30. The summed E-state index contributed by atoms with van der Waals surface area (Å²) in [6.07, 6.45) is 6.51. The SMILES string of the molecule is Cc1ccc(C(=O)OC(COc2cccc3ccccc23)CN(C)/C2=N/S(=O)(=O)C/C=C\C=C/C2)cc1. The maximum Gasteiger partial charge on any atom is 0.338 e. The summed E-state index contributed by atoms with van der Waals surface area (Å²) >= 11 is 0. The summed E-state index contributed by atoms with van der Waals surface area (Å²) in [6.45, 7) is 2.21. The van der Waals surface area contributed by atoms with Gasteiger partial charge in [0.2, 0.25) is 0 Å². The smallest absolute Gasteiger partial charge is 0.338 e. The van der Waals surface area contributed by atoms with Crippen molar-refractivity contribution < 1.29 is 22.7 Å². The minimum atomic E-state index is -3.67. The first kappa shape index (κ1) is 26.2. The van der Waals surface area contributed by atoms with Crippen LogP contribution in [0, 0.1) is 6.92 Å². The van der Waals surface area contributed by atoms with Crippen LogP contribution in [0.15, 0.2) is 95.4 Å². The van der Waals surface area contributed by atoms with Gasteiger partial charge in [0.25, 0.3) is 10.0 Å². The van der Waals surface area contributed by atoms with Crippen LogP contribution in [0.25, 0.3) is 10.8 Å². The van der Waals surface area contributed by atoms with E-state index in [1.807, 2.05) is 67.6 Å². The zero-order valence-electron chi connectivity index (χ0n) is 20.9. The zero-order chi connectivity index (χ0) is 26.3. The predicted molar refractivity (Wildman–Crippen MR) is 147 cm³/mol. The average Bonchev–Trinajstić information content (AvgIpc) is 2.97. The molecule has 0 aromatic heterocycles. The molecule has 0 radical (unpaired) electrons. The molecule has 4 rings (SSSR count). The van der Waals surface area contributed by atoms with Gasteiger partial charge in [-0.15, -0.1) is 4.40 Å². The second kappa shape index (κ2) is 11.9. The molecular formula is C29H30N2O5S. The van der Waals surface area contributed by atoms with Crippen LogP contribution >= 0.6 is 0 Å². The van der Waals surface area contributed by atoms with Crippen molar-refractivity contribution >= 4 is 32.6 Å². The van der Waals surface area contributed by atoms with E-state index in [2.05, 4.69) is 4.40 Å². The lowest BCUT2D eigenvalue weighted by Crippen LogP contribution is -2.40. The molecule has 1 atom stereocenters. The molecule has 7 nitrogen and oxygen atoms in total. The van der Waals surface area contributed by atoms with Crippen molar-refractivity contribution in [1.82, 2.24) is 4.90 Å². The number of sulfonamides is 1. The number of nitrogens with zero attached hydrogens (tertiary/aromatic N) is 2. The predicted octanol–water partition coefficient (Wildman–Crippen LogP) is 4.93. The topological polar surface area (TPSA) is 85.3 Å². The number of hydrogen-bond acceptors (Lipinski definition) is 6. The second-order valence-electron chi connectivity index (χ2n) is 8.88. The maximum atomic E-state index is 13.0. The number of carbonyl (C=O) groups excluding carboxylic acids is 1. The molecule has 0 saturated carbocycles. The van der Waals surface area contributed by atoms with E-state index in [0.29, 0.717) is 23.6 Å². The van der Waals surface area contributed by atoms with Gasteiger partial charge in [-0.2, -0.15) is 0 Å². The van der Waals surface area contributed by atoms with E-state index in [9.17, 15) is 13.2 Å². The van der Waals surface area contributed by atoms with Crippen molar-refractivity contribution in [2.45, 2.75) is 19.4 Å². The van der Waals surface area contributed by atoms with Crippen molar-refractivity contribution in [3.63, 3.8) is 0 Å².